The van der Waals surface area contributed by atoms with Crippen molar-refractivity contribution in [1.82, 2.24) is 5.32 Å². The first-order valence-corrected chi connectivity index (χ1v) is 4.92. The van der Waals surface area contributed by atoms with E-state index in [2.05, 4.69) is 25.7 Å². The molecule has 0 bridgehead atoms. The van der Waals surface area contributed by atoms with E-state index in [0.29, 0.717) is 6.04 Å². The largest absolute Gasteiger partial charge is 0.310 e. The summed E-state index contributed by atoms with van der Waals surface area (Å²) in [6.07, 6.45) is 6.90. The van der Waals surface area contributed by atoms with E-state index in [9.17, 15) is 0 Å². The highest BCUT2D eigenvalue weighted by Crippen LogP contribution is 2.27. The molecule has 1 atom stereocenters. The van der Waals surface area contributed by atoms with Gasteiger partial charge in [0.15, 0.2) is 0 Å². The summed E-state index contributed by atoms with van der Waals surface area (Å²) in [5, 5.41) is 3.45. The first-order valence-electron chi connectivity index (χ1n) is 4.92. The van der Waals surface area contributed by atoms with Crippen molar-refractivity contribution >= 4 is 0 Å². The van der Waals surface area contributed by atoms with E-state index in [0.717, 1.165) is 12.3 Å². The molecule has 1 N–H and O–H groups in total. The molecule has 1 heteroatoms. The lowest BCUT2D eigenvalue weighted by Gasteiger charge is -2.19. The molecular formula is C10H20N. The van der Waals surface area contributed by atoms with Gasteiger partial charge in [0.25, 0.3) is 0 Å². The van der Waals surface area contributed by atoms with Gasteiger partial charge in [-0.25, -0.2) is 0 Å². The molecule has 1 aliphatic rings. The number of hydrogen-bond acceptors (Lipinski definition) is 1. The minimum absolute atomic E-state index is 0.706. The van der Waals surface area contributed by atoms with Gasteiger partial charge < -0.3 is 5.32 Å². The zero-order chi connectivity index (χ0) is 8.10. The van der Waals surface area contributed by atoms with Crippen LogP contribution in [0.2, 0.25) is 0 Å². The van der Waals surface area contributed by atoms with Gasteiger partial charge in [0.1, 0.15) is 0 Å². The van der Waals surface area contributed by atoms with E-state index in [-0.39, 0.29) is 0 Å². The maximum Gasteiger partial charge on any atom is 0.0221 e. The van der Waals surface area contributed by atoms with Crippen molar-refractivity contribution in [2.75, 3.05) is 0 Å². The lowest BCUT2D eigenvalue weighted by Crippen LogP contribution is -2.29. The van der Waals surface area contributed by atoms with Crippen LogP contribution in [0.3, 0.4) is 0 Å². The summed E-state index contributed by atoms with van der Waals surface area (Å²) in [6.45, 7) is 6.67. The predicted molar refractivity (Wildman–Crippen MR) is 49.1 cm³/mol. The van der Waals surface area contributed by atoms with E-state index in [1.165, 1.54) is 25.7 Å². The highest BCUT2D eigenvalue weighted by molar-refractivity contribution is 4.79. The monoisotopic (exact) mass is 154 g/mol. The van der Waals surface area contributed by atoms with Gasteiger partial charge >= 0.3 is 0 Å². The molecule has 1 nitrogen and oxygen atoms in total. The molecule has 0 aromatic rings. The van der Waals surface area contributed by atoms with E-state index in [1.54, 1.807) is 0 Å². The van der Waals surface area contributed by atoms with Gasteiger partial charge in [-0.15, -0.1) is 0 Å². The molecular weight excluding hydrogens is 134 g/mol. The molecule has 11 heavy (non-hydrogen) atoms. The highest BCUT2D eigenvalue weighted by atomic mass is 14.9. The number of hydrogen-bond donors (Lipinski definition) is 1. The second-order valence-corrected chi connectivity index (χ2v) is 3.61. The number of rotatable bonds is 4. The molecule has 1 saturated carbocycles. The van der Waals surface area contributed by atoms with Crippen LogP contribution in [-0.4, -0.2) is 6.04 Å². The molecule has 1 aliphatic carbocycles. The Hall–Kier alpha value is -0.0400. The van der Waals surface area contributed by atoms with Gasteiger partial charge in [-0.3, -0.25) is 0 Å². The maximum absolute atomic E-state index is 3.45. The van der Waals surface area contributed by atoms with Crippen molar-refractivity contribution in [2.24, 2.45) is 5.92 Å². The summed E-state index contributed by atoms with van der Waals surface area (Å²) < 4.78 is 0. The maximum atomic E-state index is 3.45. The zero-order valence-electron chi connectivity index (χ0n) is 7.77. The summed E-state index contributed by atoms with van der Waals surface area (Å²) in [5.41, 5.74) is 0. The Morgan fingerprint density at radius 2 is 2.09 bits per heavy atom. The van der Waals surface area contributed by atoms with Crippen molar-refractivity contribution in [3.63, 3.8) is 0 Å². The molecule has 1 radical (unpaired) electrons. The first kappa shape index (κ1) is 9.05. The van der Waals surface area contributed by atoms with Crippen LogP contribution in [0.15, 0.2) is 0 Å². The molecule has 0 saturated heterocycles. The van der Waals surface area contributed by atoms with Gasteiger partial charge in [0, 0.05) is 12.6 Å². The van der Waals surface area contributed by atoms with Crippen molar-refractivity contribution in [2.45, 2.75) is 52.0 Å². The lowest BCUT2D eigenvalue weighted by atomic mass is 10.00. The molecule has 0 spiro atoms. The van der Waals surface area contributed by atoms with Gasteiger partial charge in [-0.2, -0.15) is 0 Å². The molecule has 0 heterocycles. The Morgan fingerprint density at radius 3 is 2.64 bits per heavy atom. The van der Waals surface area contributed by atoms with E-state index < -0.39 is 0 Å². The first-order chi connectivity index (χ1) is 5.34. The fourth-order valence-electron chi connectivity index (χ4n) is 1.90. The zero-order valence-corrected chi connectivity index (χ0v) is 7.77. The molecule has 0 aromatic carbocycles. The van der Waals surface area contributed by atoms with Crippen LogP contribution in [-0.2, 0) is 0 Å². The van der Waals surface area contributed by atoms with Gasteiger partial charge in [-0.05, 0) is 32.1 Å². The van der Waals surface area contributed by atoms with Gasteiger partial charge in [0.2, 0.25) is 0 Å². The molecule has 0 aromatic heterocycles. The van der Waals surface area contributed by atoms with Crippen molar-refractivity contribution < 1.29 is 0 Å². The third-order valence-corrected chi connectivity index (χ3v) is 2.69. The standard InChI is InChI=1S/C10H20N/c1-3-8-11-9(2)10-6-4-5-7-10/h8-11H,3-7H2,1-2H3. The van der Waals surface area contributed by atoms with Crippen LogP contribution in [0.4, 0.5) is 0 Å². The molecule has 1 unspecified atom stereocenters. The summed E-state index contributed by atoms with van der Waals surface area (Å²) in [5.74, 6) is 0.942. The smallest absolute Gasteiger partial charge is 0.0221 e. The fourth-order valence-corrected chi connectivity index (χ4v) is 1.90. The normalized spacial score (nSPS) is 22.4. The van der Waals surface area contributed by atoms with E-state index in [4.69, 9.17) is 0 Å². The quantitative estimate of drug-likeness (QED) is 0.656. The Balaban J connectivity index is 2.12. The summed E-state index contributed by atoms with van der Waals surface area (Å²) >= 11 is 0. The average Bonchev–Trinajstić information content (AvgIpc) is 2.52. The summed E-state index contributed by atoms with van der Waals surface area (Å²) in [4.78, 5) is 0. The van der Waals surface area contributed by atoms with Crippen LogP contribution in [0.25, 0.3) is 0 Å². The summed E-state index contributed by atoms with van der Waals surface area (Å²) in [7, 11) is 0. The van der Waals surface area contributed by atoms with E-state index >= 15 is 0 Å². The van der Waals surface area contributed by atoms with Crippen molar-refractivity contribution in [3.8, 4) is 0 Å². The number of nitrogens with one attached hydrogen (secondary N) is 1. The van der Waals surface area contributed by atoms with Gasteiger partial charge in [0.05, 0.1) is 0 Å². The third kappa shape index (κ3) is 2.82. The van der Waals surface area contributed by atoms with E-state index in [1.807, 2.05) is 0 Å². The Kier molecular flexibility index (Phi) is 3.92. The topological polar surface area (TPSA) is 12.0 Å². The van der Waals surface area contributed by atoms with Crippen LogP contribution >= 0.6 is 0 Å². The van der Waals surface area contributed by atoms with Crippen LogP contribution in [0, 0.1) is 12.5 Å². The van der Waals surface area contributed by atoms with Crippen LogP contribution in [0.1, 0.15) is 46.0 Å². The second kappa shape index (κ2) is 4.76. The predicted octanol–water partition coefficient (Wildman–Crippen LogP) is 2.73. The van der Waals surface area contributed by atoms with Crippen molar-refractivity contribution in [1.29, 1.82) is 0 Å². The Bertz CT molecular complexity index is 95.0. The Morgan fingerprint density at radius 1 is 1.45 bits per heavy atom. The SMILES string of the molecule is CC[CH]NC(C)C1CCCC1. The van der Waals surface area contributed by atoms with Crippen LogP contribution < -0.4 is 5.32 Å². The average molecular weight is 154 g/mol. The summed E-state index contributed by atoms with van der Waals surface area (Å²) in [6, 6.07) is 0.706. The lowest BCUT2D eigenvalue weighted by molar-refractivity contribution is 0.401. The third-order valence-electron chi connectivity index (χ3n) is 2.69. The molecule has 1 rings (SSSR count). The molecule has 0 aliphatic heterocycles. The minimum atomic E-state index is 0.706. The Labute approximate surface area is 70.6 Å². The highest BCUT2D eigenvalue weighted by Gasteiger charge is 2.20. The molecule has 65 valence electrons. The van der Waals surface area contributed by atoms with Crippen molar-refractivity contribution in [3.05, 3.63) is 6.54 Å². The molecule has 1 fully saturated rings. The second-order valence-electron chi connectivity index (χ2n) is 3.61. The molecule has 0 amide bonds. The van der Waals surface area contributed by atoms with Gasteiger partial charge in [-0.1, -0.05) is 19.8 Å². The van der Waals surface area contributed by atoms with Crippen LogP contribution in [0.5, 0.6) is 0 Å². The minimum Gasteiger partial charge on any atom is -0.310 e. The fraction of sp³-hybridized carbons (Fsp3) is 0.900.